The molecule has 0 aromatic heterocycles. The molecular weight excluding hydrogens is 266 g/mol. The van der Waals surface area contributed by atoms with Gasteiger partial charge in [0.1, 0.15) is 0 Å². The van der Waals surface area contributed by atoms with Crippen molar-refractivity contribution in [3.8, 4) is 0 Å². The van der Waals surface area contributed by atoms with Crippen LogP contribution in [0, 0.1) is 17.8 Å². The molecule has 0 unspecified atom stereocenters. The number of hydrogen-bond acceptors (Lipinski definition) is 3. The Morgan fingerprint density at radius 3 is 2.43 bits per heavy atom. The molecule has 0 aromatic carbocycles. The van der Waals surface area contributed by atoms with Crippen molar-refractivity contribution >= 4 is 11.9 Å². The number of rotatable bonds is 4. The third-order valence-corrected chi connectivity index (χ3v) is 4.99. The highest BCUT2D eigenvalue weighted by molar-refractivity contribution is 5.76. The second kappa shape index (κ2) is 7.81. The van der Waals surface area contributed by atoms with E-state index in [0.29, 0.717) is 19.1 Å². The Bertz CT molecular complexity index is 363. The highest BCUT2D eigenvalue weighted by Crippen LogP contribution is 2.34. The summed E-state index contributed by atoms with van der Waals surface area (Å²) in [5.74, 6) is 1.07. The second-order valence-corrected chi connectivity index (χ2v) is 6.71. The molecule has 2 aliphatic rings. The summed E-state index contributed by atoms with van der Waals surface area (Å²) >= 11 is 0. The summed E-state index contributed by atoms with van der Waals surface area (Å²) in [4.78, 5) is 25.6. The zero-order valence-electron chi connectivity index (χ0n) is 13.5. The van der Waals surface area contributed by atoms with Crippen LogP contribution in [-0.4, -0.2) is 36.5 Å². The molecule has 2 rings (SSSR count). The molecule has 120 valence electrons. The van der Waals surface area contributed by atoms with Gasteiger partial charge >= 0.3 is 5.97 Å². The first-order chi connectivity index (χ1) is 10.1. The second-order valence-electron chi connectivity index (χ2n) is 6.71. The highest BCUT2D eigenvalue weighted by Gasteiger charge is 2.34. The Hall–Kier alpha value is -1.06. The minimum absolute atomic E-state index is 0.0812. The first kappa shape index (κ1) is 16.3. The Balaban J connectivity index is 1.95. The fraction of sp³-hybridized carbons (Fsp3) is 0.882. The average Bonchev–Trinajstić information content (AvgIpc) is 2.48. The maximum absolute atomic E-state index is 12.0. The minimum atomic E-state index is -0.129. The monoisotopic (exact) mass is 295 g/mol. The smallest absolute Gasteiger partial charge is 0.310 e. The first-order valence-electron chi connectivity index (χ1n) is 8.52. The maximum Gasteiger partial charge on any atom is 0.310 e. The van der Waals surface area contributed by atoms with Crippen LogP contribution in [-0.2, 0) is 14.3 Å². The molecule has 0 bridgehead atoms. The molecule has 4 nitrogen and oxygen atoms in total. The molecular formula is C17H29NO3. The molecule has 1 saturated heterocycles. The molecule has 0 N–H and O–H groups in total. The van der Waals surface area contributed by atoms with Crippen molar-refractivity contribution in [2.75, 3.05) is 19.7 Å². The van der Waals surface area contributed by atoms with E-state index in [1.165, 1.54) is 38.5 Å². The lowest BCUT2D eigenvalue weighted by molar-refractivity contribution is -0.152. The average molecular weight is 295 g/mol. The lowest BCUT2D eigenvalue weighted by Crippen LogP contribution is -2.46. The van der Waals surface area contributed by atoms with E-state index >= 15 is 0 Å². The summed E-state index contributed by atoms with van der Waals surface area (Å²) in [6.45, 7) is 5.22. The maximum atomic E-state index is 12.0. The summed E-state index contributed by atoms with van der Waals surface area (Å²) in [5.41, 5.74) is 0. The van der Waals surface area contributed by atoms with Crippen LogP contribution in [0.4, 0.5) is 0 Å². The van der Waals surface area contributed by atoms with E-state index in [-0.39, 0.29) is 17.8 Å². The summed E-state index contributed by atoms with van der Waals surface area (Å²) in [6, 6.07) is 0. The highest BCUT2D eigenvalue weighted by atomic mass is 16.5. The number of ether oxygens (including phenoxy) is 1. The summed E-state index contributed by atoms with van der Waals surface area (Å²) in [5, 5.41) is 0. The number of likely N-dealkylation sites (tertiary alicyclic amines) is 1. The summed E-state index contributed by atoms with van der Waals surface area (Å²) in [6.07, 6.45) is 8.75. The summed E-state index contributed by atoms with van der Waals surface area (Å²) < 4.78 is 5.17. The number of hydrogen-bond donors (Lipinski definition) is 0. The van der Waals surface area contributed by atoms with Crippen molar-refractivity contribution in [2.45, 2.75) is 58.8 Å². The van der Waals surface area contributed by atoms with Gasteiger partial charge in [-0.05, 0) is 31.6 Å². The van der Waals surface area contributed by atoms with Gasteiger partial charge in [0.05, 0.1) is 12.5 Å². The van der Waals surface area contributed by atoms with E-state index in [1.807, 2.05) is 11.8 Å². The van der Waals surface area contributed by atoms with Crippen LogP contribution >= 0.6 is 0 Å². The molecule has 2 fully saturated rings. The molecule has 0 spiro atoms. The van der Waals surface area contributed by atoms with E-state index in [0.717, 1.165) is 18.9 Å². The van der Waals surface area contributed by atoms with Gasteiger partial charge in [0, 0.05) is 20.0 Å². The molecule has 4 heteroatoms. The van der Waals surface area contributed by atoms with Gasteiger partial charge in [-0.15, -0.1) is 0 Å². The van der Waals surface area contributed by atoms with E-state index in [2.05, 4.69) is 0 Å². The quantitative estimate of drug-likeness (QED) is 0.749. The number of piperidine rings is 1. The Kier molecular flexibility index (Phi) is 6.07. The van der Waals surface area contributed by atoms with Crippen LogP contribution in [0.5, 0.6) is 0 Å². The van der Waals surface area contributed by atoms with Gasteiger partial charge in [-0.25, -0.2) is 0 Å². The van der Waals surface area contributed by atoms with Gasteiger partial charge in [-0.1, -0.05) is 32.1 Å². The van der Waals surface area contributed by atoms with E-state index < -0.39 is 0 Å². The van der Waals surface area contributed by atoms with Gasteiger partial charge in [-0.2, -0.15) is 0 Å². The standard InChI is InChI=1S/C17H29NO3/c1-3-21-17(20)16-10-15(11-18(12-16)13(2)19)9-14-7-5-4-6-8-14/h14-16H,3-12H2,1-2H3/t15-,16+/m1/s1. The minimum Gasteiger partial charge on any atom is -0.466 e. The number of esters is 1. The molecule has 1 heterocycles. The molecule has 1 aliphatic carbocycles. The topological polar surface area (TPSA) is 46.6 Å². The van der Waals surface area contributed by atoms with Crippen molar-refractivity contribution in [1.82, 2.24) is 4.90 Å². The zero-order chi connectivity index (χ0) is 15.2. The predicted octanol–water partition coefficient (Wildman–Crippen LogP) is 3.00. The molecule has 1 aliphatic heterocycles. The summed E-state index contributed by atoms with van der Waals surface area (Å²) in [7, 11) is 0. The lowest BCUT2D eigenvalue weighted by Gasteiger charge is -2.38. The van der Waals surface area contributed by atoms with Crippen LogP contribution in [0.2, 0.25) is 0 Å². The van der Waals surface area contributed by atoms with Crippen molar-refractivity contribution in [3.63, 3.8) is 0 Å². The van der Waals surface area contributed by atoms with Crippen LogP contribution in [0.3, 0.4) is 0 Å². The van der Waals surface area contributed by atoms with Gasteiger partial charge in [0.15, 0.2) is 0 Å². The van der Waals surface area contributed by atoms with Crippen LogP contribution < -0.4 is 0 Å². The molecule has 1 amide bonds. The molecule has 0 aromatic rings. The van der Waals surface area contributed by atoms with Crippen molar-refractivity contribution in [1.29, 1.82) is 0 Å². The van der Waals surface area contributed by atoms with E-state index in [9.17, 15) is 9.59 Å². The van der Waals surface area contributed by atoms with Crippen molar-refractivity contribution in [2.24, 2.45) is 17.8 Å². The van der Waals surface area contributed by atoms with Crippen LogP contribution in [0.1, 0.15) is 58.8 Å². The predicted molar refractivity (Wildman–Crippen MR) is 81.7 cm³/mol. The Morgan fingerprint density at radius 2 is 1.81 bits per heavy atom. The third kappa shape index (κ3) is 4.72. The molecule has 2 atom stereocenters. The zero-order valence-corrected chi connectivity index (χ0v) is 13.5. The number of nitrogens with zero attached hydrogens (tertiary/aromatic N) is 1. The number of carbonyl (C=O) groups is 2. The van der Waals surface area contributed by atoms with Gasteiger partial charge < -0.3 is 9.64 Å². The van der Waals surface area contributed by atoms with Gasteiger partial charge in [-0.3, -0.25) is 9.59 Å². The normalized spacial score (nSPS) is 27.4. The van der Waals surface area contributed by atoms with Crippen LogP contribution in [0.15, 0.2) is 0 Å². The fourth-order valence-corrected chi connectivity index (χ4v) is 3.96. The van der Waals surface area contributed by atoms with Crippen molar-refractivity contribution < 1.29 is 14.3 Å². The number of amides is 1. The van der Waals surface area contributed by atoms with Gasteiger partial charge in [0.2, 0.25) is 5.91 Å². The third-order valence-electron chi connectivity index (χ3n) is 4.99. The SMILES string of the molecule is CCOC(=O)[C@H]1C[C@@H](CC2CCCCC2)CN(C(C)=O)C1. The van der Waals surface area contributed by atoms with Crippen LogP contribution in [0.25, 0.3) is 0 Å². The molecule has 21 heavy (non-hydrogen) atoms. The number of carbonyl (C=O) groups excluding carboxylic acids is 2. The van der Waals surface area contributed by atoms with E-state index in [1.54, 1.807) is 6.92 Å². The van der Waals surface area contributed by atoms with Gasteiger partial charge in [0.25, 0.3) is 0 Å². The van der Waals surface area contributed by atoms with E-state index in [4.69, 9.17) is 4.74 Å². The Morgan fingerprint density at radius 1 is 1.10 bits per heavy atom. The molecule has 1 saturated carbocycles. The molecule has 0 radical (unpaired) electrons. The Labute approximate surface area is 128 Å². The lowest BCUT2D eigenvalue weighted by atomic mass is 9.78. The fourth-order valence-electron chi connectivity index (χ4n) is 3.96. The van der Waals surface area contributed by atoms with Crippen molar-refractivity contribution in [3.05, 3.63) is 0 Å². The first-order valence-corrected chi connectivity index (χ1v) is 8.52. The largest absolute Gasteiger partial charge is 0.466 e.